The highest BCUT2D eigenvalue weighted by molar-refractivity contribution is 5.85. The highest BCUT2D eigenvalue weighted by Crippen LogP contribution is 2.18. The molecule has 0 unspecified atom stereocenters. The van der Waals surface area contributed by atoms with Gasteiger partial charge in [0.15, 0.2) is 0 Å². The molecule has 1 saturated heterocycles. The summed E-state index contributed by atoms with van der Waals surface area (Å²) in [4.78, 5) is 14.1. The Balaban J connectivity index is 0.00000220. The minimum absolute atomic E-state index is 0. The standard InChI is InChI=1S/C17H26N2O.ClH/c1-14-5-3-4-6-16(14)13-19(2)17(20)8-7-15-9-11-18-12-10-15;/h3-6,15,18H,7-13H2,1-2H3;1H. The Morgan fingerprint density at radius 3 is 2.62 bits per heavy atom. The third kappa shape index (κ3) is 5.68. The van der Waals surface area contributed by atoms with E-state index in [9.17, 15) is 4.79 Å². The number of hydrogen-bond donors (Lipinski definition) is 1. The predicted octanol–water partition coefficient (Wildman–Crippen LogP) is 3.16. The van der Waals surface area contributed by atoms with Gasteiger partial charge >= 0.3 is 0 Å². The largest absolute Gasteiger partial charge is 0.341 e. The van der Waals surface area contributed by atoms with Crippen LogP contribution >= 0.6 is 12.4 Å². The lowest BCUT2D eigenvalue weighted by Crippen LogP contribution is -2.30. The summed E-state index contributed by atoms with van der Waals surface area (Å²) in [5.74, 6) is 0.999. The van der Waals surface area contributed by atoms with Gasteiger partial charge in [0, 0.05) is 20.0 Å². The molecule has 0 saturated carbocycles. The minimum Gasteiger partial charge on any atom is -0.341 e. The predicted molar refractivity (Wildman–Crippen MR) is 89.7 cm³/mol. The van der Waals surface area contributed by atoms with E-state index in [1.807, 2.05) is 24.1 Å². The van der Waals surface area contributed by atoms with Crippen molar-refractivity contribution in [1.82, 2.24) is 10.2 Å². The summed E-state index contributed by atoms with van der Waals surface area (Å²) in [5.41, 5.74) is 2.50. The Hall–Kier alpha value is -1.06. The fourth-order valence-corrected chi connectivity index (χ4v) is 2.82. The van der Waals surface area contributed by atoms with Crippen LogP contribution in [0.25, 0.3) is 0 Å². The number of piperidine rings is 1. The average molecular weight is 311 g/mol. The number of rotatable bonds is 5. The summed E-state index contributed by atoms with van der Waals surface area (Å²) in [6, 6.07) is 8.28. The first-order chi connectivity index (χ1) is 9.66. The third-order valence-electron chi connectivity index (χ3n) is 4.32. The molecule has 0 radical (unpaired) electrons. The highest BCUT2D eigenvalue weighted by Gasteiger charge is 2.16. The molecule has 118 valence electrons. The van der Waals surface area contributed by atoms with E-state index in [-0.39, 0.29) is 18.3 Å². The summed E-state index contributed by atoms with van der Waals surface area (Å²) in [5, 5.41) is 3.37. The molecule has 1 aliphatic heterocycles. The minimum atomic E-state index is 0. The van der Waals surface area contributed by atoms with E-state index in [0.29, 0.717) is 6.42 Å². The number of nitrogens with one attached hydrogen (secondary N) is 1. The van der Waals surface area contributed by atoms with Crippen LogP contribution in [-0.2, 0) is 11.3 Å². The number of carbonyl (C=O) groups excluding carboxylic acids is 1. The fraction of sp³-hybridized carbons (Fsp3) is 0.588. The van der Waals surface area contributed by atoms with Gasteiger partial charge in [0.1, 0.15) is 0 Å². The maximum absolute atomic E-state index is 12.2. The SMILES string of the molecule is Cc1ccccc1CN(C)C(=O)CCC1CCNCC1.Cl. The van der Waals surface area contributed by atoms with Gasteiger partial charge in [-0.1, -0.05) is 24.3 Å². The average Bonchev–Trinajstić information content (AvgIpc) is 2.48. The summed E-state index contributed by atoms with van der Waals surface area (Å²) in [7, 11) is 1.91. The fourth-order valence-electron chi connectivity index (χ4n) is 2.82. The van der Waals surface area contributed by atoms with Crippen LogP contribution in [0.5, 0.6) is 0 Å². The van der Waals surface area contributed by atoms with Crippen molar-refractivity contribution in [3.63, 3.8) is 0 Å². The van der Waals surface area contributed by atoms with Gasteiger partial charge in [0.05, 0.1) is 0 Å². The molecule has 1 amide bonds. The number of nitrogens with zero attached hydrogens (tertiary/aromatic N) is 1. The Morgan fingerprint density at radius 1 is 1.29 bits per heavy atom. The van der Waals surface area contributed by atoms with Crippen molar-refractivity contribution < 1.29 is 4.79 Å². The molecule has 1 aliphatic rings. The van der Waals surface area contributed by atoms with Crippen LogP contribution in [0.1, 0.15) is 36.8 Å². The lowest BCUT2D eigenvalue weighted by atomic mass is 9.93. The Bertz CT molecular complexity index is 444. The van der Waals surface area contributed by atoms with E-state index in [1.165, 1.54) is 24.0 Å². The number of halogens is 1. The van der Waals surface area contributed by atoms with Crippen molar-refractivity contribution >= 4 is 18.3 Å². The van der Waals surface area contributed by atoms with Gasteiger partial charge in [0.25, 0.3) is 0 Å². The zero-order chi connectivity index (χ0) is 14.4. The van der Waals surface area contributed by atoms with Gasteiger partial charge in [-0.3, -0.25) is 4.79 Å². The summed E-state index contributed by atoms with van der Waals surface area (Å²) >= 11 is 0. The smallest absolute Gasteiger partial charge is 0.222 e. The maximum Gasteiger partial charge on any atom is 0.222 e. The molecule has 1 aromatic rings. The normalized spacial score (nSPS) is 15.3. The molecule has 2 rings (SSSR count). The van der Waals surface area contributed by atoms with E-state index < -0.39 is 0 Å². The van der Waals surface area contributed by atoms with Gasteiger partial charge in [0.2, 0.25) is 5.91 Å². The number of amides is 1. The summed E-state index contributed by atoms with van der Waals surface area (Å²) in [6.45, 7) is 5.04. The molecule has 0 bridgehead atoms. The molecular formula is C17H27ClN2O. The van der Waals surface area contributed by atoms with Gasteiger partial charge in [-0.15, -0.1) is 12.4 Å². The molecule has 0 atom stereocenters. The quantitative estimate of drug-likeness (QED) is 0.906. The van der Waals surface area contributed by atoms with Crippen LogP contribution in [0.15, 0.2) is 24.3 Å². The van der Waals surface area contributed by atoms with Gasteiger partial charge in [-0.25, -0.2) is 0 Å². The number of aryl methyl sites for hydroxylation is 1. The second kappa shape index (κ2) is 9.06. The van der Waals surface area contributed by atoms with E-state index in [2.05, 4.69) is 24.4 Å². The molecule has 4 heteroatoms. The van der Waals surface area contributed by atoms with E-state index in [0.717, 1.165) is 32.0 Å². The second-order valence-electron chi connectivity index (χ2n) is 5.91. The topological polar surface area (TPSA) is 32.3 Å². The molecule has 1 heterocycles. The molecule has 1 fully saturated rings. The Kier molecular flexibility index (Phi) is 7.76. The van der Waals surface area contributed by atoms with Crippen molar-refractivity contribution in [3.8, 4) is 0 Å². The maximum atomic E-state index is 12.2. The van der Waals surface area contributed by atoms with Crippen LogP contribution in [0.3, 0.4) is 0 Å². The third-order valence-corrected chi connectivity index (χ3v) is 4.32. The van der Waals surface area contributed by atoms with E-state index in [1.54, 1.807) is 0 Å². The van der Waals surface area contributed by atoms with Crippen molar-refractivity contribution in [2.75, 3.05) is 20.1 Å². The van der Waals surface area contributed by atoms with Crippen molar-refractivity contribution in [1.29, 1.82) is 0 Å². The van der Waals surface area contributed by atoms with Crippen molar-refractivity contribution in [3.05, 3.63) is 35.4 Å². The first-order valence-corrected chi connectivity index (χ1v) is 7.66. The molecule has 3 nitrogen and oxygen atoms in total. The molecule has 0 aliphatic carbocycles. The molecule has 0 spiro atoms. The van der Waals surface area contributed by atoms with Gasteiger partial charge < -0.3 is 10.2 Å². The number of benzene rings is 1. The monoisotopic (exact) mass is 310 g/mol. The lowest BCUT2D eigenvalue weighted by molar-refractivity contribution is -0.130. The Morgan fingerprint density at radius 2 is 1.95 bits per heavy atom. The molecule has 21 heavy (non-hydrogen) atoms. The number of hydrogen-bond acceptors (Lipinski definition) is 2. The summed E-state index contributed by atoms with van der Waals surface area (Å²) in [6.07, 6.45) is 4.16. The van der Waals surface area contributed by atoms with Crippen LogP contribution in [-0.4, -0.2) is 30.9 Å². The Labute approximate surface area is 134 Å². The lowest BCUT2D eigenvalue weighted by Gasteiger charge is -2.24. The second-order valence-corrected chi connectivity index (χ2v) is 5.91. The first-order valence-electron chi connectivity index (χ1n) is 7.66. The van der Waals surface area contributed by atoms with E-state index >= 15 is 0 Å². The van der Waals surface area contributed by atoms with Crippen molar-refractivity contribution in [2.24, 2.45) is 5.92 Å². The molecular weight excluding hydrogens is 284 g/mol. The van der Waals surface area contributed by atoms with Crippen LogP contribution < -0.4 is 5.32 Å². The first kappa shape index (κ1) is 18.0. The molecule has 1 N–H and O–H groups in total. The zero-order valence-electron chi connectivity index (χ0n) is 13.1. The van der Waals surface area contributed by atoms with Crippen LogP contribution in [0, 0.1) is 12.8 Å². The van der Waals surface area contributed by atoms with Gasteiger partial charge in [-0.2, -0.15) is 0 Å². The molecule has 1 aromatic carbocycles. The number of carbonyl (C=O) groups is 1. The van der Waals surface area contributed by atoms with Crippen LogP contribution in [0.4, 0.5) is 0 Å². The molecule has 0 aromatic heterocycles. The van der Waals surface area contributed by atoms with Gasteiger partial charge in [-0.05, 0) is 56.3 Å². The van der Waals surface area contributed by atoms with Crippen LogP contribution in [0.2, 0.25) is 0 Å². The highest BCUT2D eigenvalue weighted by atomic mass is 35.5. The zero-order valence-corrected chi connectivity index (χ0v) is 13.9. The van der Waals surface area contributed by atoms with Crippen molar-refractivity contribution in [2.45, 2.75) is 39.2 Å². The summed E-state index contributed by atoms with van der Waals surface area (Å²) < 4.78 is 0. The van der Waals surface area contributed by atoms with E-state index in [4.69, 9.17) is 0 Å².